The molecule has 0 fully saturated rings. The minimum Gasteiger partial charge on any atom is -0.497 e. The van der Waals surface area contributed by atoms with Crippen molar-refractivity contribution in [2.45, 2.75) is 33.4 Å². The lowest BCUT2D eigenvalue weighted by molar-refractivity contribution is -0.127. The van der Waals surface area contributed by atoms with Crippen molar-refractivity contribution in [3.8, 4) is 23.0 Å². The minimum absolute atomic E-state index is 0.188. The SMILES string of the molecule is CCN(CC)C(=O)C1=C(C)N=c2s/c(=C/c3cc(I)c(OCc4ccccc4Cl)c(OC)c3)c(=O)n2[C@H]1c1cc(OC)ccc1OC. The number of nitrogens with zero attached hydrogens (tertiary/aromatic N) is 3. The molecule has 0 saturated heterocycles. The predicted molar refractivity (Wildman–Crippen MR) is 193 cm³/mol. The summed E-state index contributed by atoms with van der Waals surface area (Å²) in [6, 6.07) is 15.8. The largest absolute Gasteiger partial charge is 0.497 e. The zero-order valence-electron chi connectivity index (χ0n) is 26.9. The summed E-state index contributed by atoms with van der Waals surface area (Å²) in [5, 5.41) is 0.621. The normalized spacial score (nSPS) is 14.4. The van der Waals surface area contributed by atoms with E-state index in [2.05, 4.69) is 22.6 Å². The molecule has 0 saturated carbocycles. The molecule has 0 aliphatic carbocycles. The molecule has 0 unspecified atom stereocenters. The molecule has 9 nitrogen and oxygen atoms in total. The highest BCUT2D eigenvalue weighted by Gasteiger charge is 2.36. The van der Waals surface area contributed by atoms with Gasteiger partial charge in [-0.05, 0) is 91.4 Å². The van der Waals surface area contributed by atoms with Gasteiger partial charge in [0.1, 0.15) is 24.1 Å². The average molecular weight is 788 g/mol. The van der Waals surface area contributed by atoms with Gasteiger partial charge >= 0.3 is 0 Å². The number of halogens is 2. The van der Waals surface area contributed by atoms with E-state index >= 15 is 0 Å². The second-order valence-corrected chi connectivity index (χ2v) is 13.2. The van der Waals surface area contributed by atoms with E-state index in [4.69, 9.17) is 35.5 Å². The summed E-state index contributed by atoms with van der Waals surface area (Å²) in [7, 11) is 4.71. The molecule has 1 aliphatic rings. The van der Waals surface area contributed by atoms with E-state index in [1.54, 1.807) is 49.0 Å². The number of ether oxygens (including phenoxy) is 4. The Balaban J connectivity index is 1.65. The molecular formula is C35H35ClIN3O6S. The lowest BCUT2D eigenvalue weighted by atomic mass is 9.93. The number of thiazole rings is 1. The van der Waals surface area contributed by atoms with Crippen molar-refractivity contribution in [1.82, 2.24) is 9.47 Å². The maximum Gasteiger partial charge on any atom is 0.271 e. The van der Waals surface area contributed by atoms with Gasteiger partial charge in [-0.2, -0.15) is 0 Å². The number of allylic oxidation sites excluding steroid dienone is 1. The van der Waals surface area contributed by atoms with E-state index < -0.39 is 6.04 Å². The van der Waals surface area contributed by atoms with Crippen LogP contribution in [0.25, 0.3) is 6.08 Å². The second-order valence-electron chi connectivity index (χ2n) is 10.6. The van der Waals surface area contributed by atoms with Crippen LogP contribution in [0.1, 0.15) is 43.5 Å². The number of rotatable bonds is 11. The number of methoxy groups -OCH3 is 3. The molecular weight excluding hydrogens is 753 g/mol. The number of hydrogen-bond donors (Lipinski definition) is 0. The summed E-state index contributed by atoms with van der Waals surface area (Å²) >= 11 is 9.78. The van der Waals surface area contributed by atoms with Crippen molar-refractivity contribution in [1.29, 1.82) is 0 Å². The summed E-state index contributed by atoms with van der Waals surface area (Å²) in [5.74, 6) is 2.01. The van der Waals surface area contributed by atoms with Gasteiger partial charge in [-0.25, -0.2) is 4.99 Å². The second kappa shape index (κ2) is 15.0. The van der Waals surface area contributed by atoms with E-state index in [0.717, 1.165) is 14.7 Å². The van der Waals surface area contributed by atoms with E-state index in [1.807, 2.05) is 63.2 Å². The Kier molecular flexibility index (Phi) is 11.0. The Hall–Kier alpha value is -3.81. The van der Waals surface area contributed by atoms with Gasteiger partial charge in [0, 0.05) is 29.2 Å². The first kappa shape index (κ1) is 34.5. The van der Waals surface area contributed by atoms with E-state index in [0.29, 0.717) is 67.3 Å². The molecule has 246 valence electrons. The number of aromatic nitrogens is 1. The molecule has 4 aromatic rings. The van der Waals surface area contributed by atoms with Crippen LogP contribution in [0.4, 0.5) is 0 Å². The van der Waals surface area contributed by atoms with Gasteiger partial charge in [-0.3, -0.25) is 14.2 Å². The number of amides is 1. The third-order valence-corrected chi connectivity index (χ3v) is 10.1. The number of benzene rings is 3. The topological polar surface area (TPSA) is 91.6 Å². The molecule has 47 heavy (non-hydrogen) atoms. The Morgan fingerprint density at radius 3 is 2.43 bits per heavy atom. The third kappa shape index (κ3) is 6.93. The van der Waals surface area contributed by atoms with Crippen molar-refractivity contribution < 1.29 is 23.7 Å². The number of fused-ring (bicyclic) bond motifs is 1. The summed E-state index contributed by atoms with van der Waals surface area (Å²) in [6.07, 6.45) is 1.80. The van der Waals surface area contributed by atoms with Gasteiger partial charge in [0.2, 0.25) is 0 Å². The summed E-state index contributed by atoms with van der Waals surface area (Å²) in [6.45, 7) is 6.95. The molecule has 5 rings (SSSR count). The molecule has 1 aromatic heterocycles. The maximum atomic E-state index is 14.3. The van der Waals surface area contributed by atoms with Crippen molar-refractivity contribution in [2.75, 3.05) is 34.4 Å². The van der Waals surface area contributed by atoms with Crippen LogP contribution in [-0.2, 0) is 11.4 Å². The molecule has 1 aliphatic heterocycles. The molecule has 3 aromatic carbocycles. The van der Waals surface area contributed by atoms with Gasteiger partial charge in [-0.15, -0.1) is 0 Å². The van der Waals surface area contributed by atoms with Crippen LogP contribution in [-0.4, -0.2) is 49.8 Å². The van der Waals surface area contributed by atoms with Gasteiger partial charge < -0.3 is 23.8 Å². The summed E-state index contributed by atoms with van der Waals surface area (Å²) < 4.78 is 26.0. The molecule has 1 amide bonds. The van der Waals surface area contributed by atoms with Crippen LogP contribution in [0.15, 0.2) is 75.7 Å². The number of carbonyl (C=O) groups excluding carboxylic acids is 1. The lowest BCUT2D eigenvalue weighted by Gasteiger charge is -2.30. The predicted octanol–water partition coefficient (Wildman–Crippen LogP) is 5.97. The van der Waals surface area contributed by atoms with Crippen LogP contribution in [0, 0.1) is 3.57 Å². The molecule has 1 atom stereocenters. The zero-order chi connectivity index (χ0) is 33.8. The molecule has 0 radical (unpaired) electrons. The van der Waals surface area contributed by atoms with Gasteiger partial charge in [0.05, 0.1) is 40.7 Å². The van der Waals surface area contributed by atoms with Crippen molar-refractivity contribution in [3.63, 3.8) is 0 Å². The third-order valence-electron chi connectivity index (χ3n) is 7.91. The Bertz CT molecular complexity index is 2040. The van der Waals surface area contributed by atoms with E-state index in [9.17, 15) is 9.59 Å². The molecule has 2 heterocycles. The Labute approximate surface area is 295 Å². The zero-order valence-corrected chi connectivity index (χ0v) is 30.7. The maximum absolute atomic E-state index is 14.3. The number of likely N-dealkylation sites (N-methyl/N-ethyl adjacent to an activating group) is 1. The monoisotopic (exact) mass is 787 g/mol. The standard InChI is InChI=1S/C35H35ClIN3O6S/c1-7-39(8-2)34(42)30-20(3)38-35-40(31(30)24-18-23(43-4)13-14-27(24)44-5)33(41)29(47-35)17-21-15-26(37)32(28(16-21)45-6)46-19-22-11-9-10-12-25(22)36/h9-18,31H,7-8,19H2,1-6H3/b29-17+/t31-/m0/s1. The van der Waals surface area contributed by atoms with Gasteiger partial charge in [-0.1, -0.05) is 41.1 Å². The fraction of sp³-hybridized carbons (Fsp3) is 0.286. The highest BCUT2D eigenvalue weighted by Crippen LogP contribution is 2.38. The van der Waals surface area contributed by atoms with E-state index in [1.165, 1.54) is 11.3 Å². The van der Waals surface area contributed by atoms with E-state index in [-0.39, 0.29) is 18.1 Å². The van der Waals surface area contributed by atoms with Crippen LogP contribution < -0.4 is 33.8 Å². The lowest BCUT2D eigenvalue weighted by Crippen LogP contribution is -2.43. The van der Waals surface area contributed by atoms with Crippen molar-refractivity contribution in [3.05, 3.63) is 111 Å². The van der Waals surface area contributed by atoms with Crippen LogP contribution in [0.3, 0.4) is 0 Å². The highest BCUT2D eigenvalue weighted by atomic mass is 127. The molecule has 0 N–H and O–H groups in total. The molecule has 0 spiro atoms. The summed E-state index contributed by atoms with van der Waals surface area (Å²) in [5.41, 5.74) is 2.90. The number of hydrogen-bond acceptors (Lipinski definition) is 8. The van der Waals surface area contributed by atoms with Crippen molar-refractivity contribution in [2.24, 2.45) is 4.99 Å². The smallest absolute Gasteiger partial charge is 0.271 e. The average Bonchev–Trinajstić information content (AvgIpc) is 3.37. The van der Waals surface area contributed by atoms with Gasteiger partial charge in [0.25, 0.3) is 11.5 Å². The van der Waals surface area contributed by atoms with Crippen LogP contribution >= 0.6 is 45.5 Å². The fourth-order valence-electron chi connectivity index (χ4n) is 5.50. The Morgan fingerprint density at radius 1 is 1.04 bits per heavy atom. The first-order valence-electron chi connectivity index (χ1n) is 14.9. The highest BCUT2D eigenvalue weighted by molar-refractivity contribution is 14.1. The van der Waals surface area contributed by atoms with Gasteiger partial charge in [0.15, 0.2) is 16.3 Å². The molecule has 12 heteroatoms. The first-order valence-corrected chi connectivity index (χ1v) is 17.2. The minimum atomic E-state index is -0.790. The fourth-order valence-corrected chi connectivity index (χ4v) is 7.52. The number of carbonyl (C=O) groups is 1. The first-order chi connectivity index (χ1) is 22.6. The molecule has 0 bridgehead atoms. The Morgan fingerprint density at radius 2 is 1.77 bits per heavy atom. The van der Waals surface area contributed by atoms with Crippen LogP contribution in [0.5, 0.6) is 23.0 Å². The quantitative estimate of drug-likeness (QED) is 0.174. The van der Waals surface area contributed by atoms with Crippen LogP contribution in [0.2, 0.25) is 5.02 Å². The summed E-state index contributed by atoms with van der Waals surface area (Å²) in [4.78, 5) is 35.3. The van der Waals surface area contributed by atoms with Crippen molar-refractivity contribution >= 4 is 57.5 Å².